The number of hydrogen-bond donors (Lipinski definition) is 2. The molecule has 0 spiro atoms. The highest BCUT2D eigenvalue weighted by atomic mass is 35.5. The maximum absolute atomic E-state index is 13.7. The van der Waals surface area contributed by atoms with Gasteiger partial charge in [0.2, 0.25) is 0 Å². The van der Waals surface area contributed by atoms with E-state index >= 15 is 0 Å². The number of hydrogen-bond acceptors (Lipinski definition) is 5. The van der Waals surface area contributed by atoms with E-state index < -0.39 is 17.9 Å². The van der Waals surface area contributed by atoms with Gasteiger partial charge in [-0.25, -0.2) is 4.79 Å². The molecule has 0 saturated heterocycles. The quantitative estimate of drug-likeness (QED) is 0.813. The third-order valence-corrected chi connectivity index (χ3v) is 2.50. The summed E-state index contributed by atoms with van der Waals surface area (Å²) in [6, 6.07) is 1.64. The zero-order valence-electron chi connectivity index (χ0n) is 10.9. The van der Waals surface area contributed by atoms with E-state index in [1.807, 2.05) is 0 Å². The zero-order valence-corrected chi connectivity index (χ0v) is 11.7. The van der Waals surface area contributed by atoms with Crippen molar-refractivity contribution in [2.45, 2.75) is 18.9 Å². The topological polar surface area (TPSA) is 81.8 Å². The van der Waals surface area contributed by atoms with Crippen LogP contribution in [0.3, 0.4) is 0 Å². The molecule has 1 aromatic rings. The molecule has 8 heteroatoms. The molecule has 114 valence electrons. The fourth-order valence-electron chi connectivity index (χ4n) is 1.46. The molecule has 0 heterocycles. The maximum Gasteiger partial charge on any atom is 0.379 e. The summed E-state index contributed by atoms with van der Waals surface area (Å²) in [5.41, 5.74) is 5.26. The third kappa shape index (κ3) is 3.71. The van der Waals surface area contributed by atoms with Crippen LogP contribution in [0.5, 0.6) is 11.5 Å². The van der Waals surface area contributed by atoms with Gasteiger partial charge in [0.1, 0.15) is 6.04 Å². The SMILES string of the molecule is CCOC(=O)C(F)(F)[C@@H](N)c1ccc(OC)c(O)c1.Cl. The van der Waals surface area contributed by atoms with Gasteiger partial charge in [0.05, 0.1) is 13.7 Å². The summed E-state index contributed by atoms with van der Waals surface area (Å²) in [5.74, 6) is -5.79. The molecule has 0 bridgehead atoms. The molecule has 1 aromatic carbocycles. The molecule has 0 amide bonds. The summed E-state index contributed by atoms with van der Waals surface area (Å²) < 4.78 is 36.4. The van der Waals surface area contributed by atoms with Gasteiger partial charge in [-0.15, -0.1) is 12.4 Å². The number of phenolic OH excluding ortho intramolecular Hbond substituents is 1. The summed E-state index contributed by atoms with van der Waals surface area (Å²) in [5, 5.41) is 9.51. The van der Waals surface area contributed by atoms with Gasteiger partial charge in [0.15, 0.2) is 11.5 Å². The monoisotopic (exact) mass is 311 g/mol. The van der Waals surface area contributed by atoms with Gasteiger partial charge in [0.25, 0.3) is 0 Å². The smallest absolute Gasteiger partial charge is 0.379 e. The van der Waals surface area contributed by atoms with Crippen molar-refractivity contribution in [3.05, 3.63) is 23.8 Å². The van der Waals surface area contributed by atoms with Crippen LogP contribution in [0.25, 0.3) is 0 Å². The Balaban J connectivity index is 0.00000361. The van der Waals surface area contributed by atoms with Gasteiger partial charge in [-0.3, -0.25) is 0 Å². The van der Waals surface area contributed by atoms with Gasteiger partial charge in [-0.2, -0.15) is 8.78 Å². The minimum absolute atomic E-state index is 0. The summed E-state index contributed by atoms with van der Waals surface area (Å²) in [6.07, 6.45) is 0. The molecule has 5 nitrogen and oxygen atoms in total. The highest BCUT2D eigenvalue weighted by molar-refractivity contribution is 5.85. The number of carbonyl (C=O) groups is 1. The predicted molar refractivity (Wildman–Crippen MR) is 70.4 cm³/mol. The molecule has 0 aromatic heterocycles. The lowest BCUT2D eigenvalue weighted by atomic mass is 10.0. The van der Waals surface area contributed by atoms with Crippen LogP contribution in [0.15, 0.2) is 18.2 Å². The maximum atomic E-state index is 13.7. The van der Waals surface area contributed by atoms with Gasteiger partial charge in [-0.05, 0) is 24.6 Å². The van der Waals surface area contributed by atoms with Gasteiger partial charge in [-0.1, -0.05) is 6.07 Å². The van der Waals surface area contributed by atoms with Crippen molar-refractivity contribution in [1.29, 1.82) is 0 Å². The number of alkyl halides is 2. The van der Waals surface area contributed by atoms with Crippen LogP contribution in [-0.4, -0.2) is 30.7 Å². The average Bonchev–Trinajstić information content (AvgIpc) is 2.37. The number of esters is 1. The Morgan fingerprint density at radius 2 is 2.10 bits per heavy atom. The van der Waals surface area contributed by atoms with Crippen LogP contribution in [0, 0.1) is 0 Å². The Hall–Kier alpha value is -1.60. The number of methoxy groups -OCH3 is 1. The number of halogens is 3. The van der Waals surface area contributed by atoms with Gasteiger partial charge in [0, 0.05) is 0 Å². The Labute approximate surface area is 121 Å². The highest BCUT2D eigenvalue weighted by Crippen LogP contribution is 2.35. The summed E-state index contributed by atoms with van der Waals surface area (Å²) in [7, 11) is 1.32. The van der Waals surface area contributed by atoms with Crippen LogP contribution < -0.4 is 10.5 Å². The number of nitrogens with two attached hydrogens (primary N) is 1. The molecule has 1 rings (SSSR count). The van der Waals surface area contributed by atoms with E-state index in [-0.39, 0.29) is 36.1 Å². The van der Waals surface area contributed by atoms with Crippen molar-refractivity contribution in [3.8, 4) is 11.5 Å². The molecule has 20 heavy (non-hydrogen) atoms. The fourth-order valence-corrected chi connectivity index (χ4v) is 1.46. The molecule has 3 N–H and O–H groups in total. The Kier molecular flexibility index (Phi) is 6.67. The molecular formula is C12H16ClF2NO4. The minimum atomic E-state index is -3.88. The predicted octanol–water partition coefficient (Wildman–Crippen LogP) is 2.02. The highest BCUT2D eigenvalue weighted by Gasteiger charge is 2.47. The number of carbonyl (C=O) groups excluding carboxylic acids is 1. The fraction of sp³-hybridized carbons (Fsp3) is 0.417. The standard InChI is InChI=1S/C12H15F2NO4.ClH/c1-3-19-11(17)12(13,14)10(15)7-4-5-9(18-2)8(16)6-7;/h4-6,10,16H,3,15H2,1-2H3;1H/t10-;/m0./s1. The first kappa shape index (κ1) is 18.4. The van der Waals surface area contributed by atoms with Crippen LogP contribution >= 0.6 is 12.4 Å². The molecule has 0 aliphatic rings. The van der Waals surface area contributed by atoms with Crippen LogP contribution in [-0.2, 0) is 9.53 Å². The Bertz CT molecular complexity index is 471. The number of benzene rings is 1. The van der Waals surface area contributed by atoms with Crippen molar-refractivity contribution in [2.75, 3.05) is 13.7 Å². The Morgan fingerprint density at radius 1 is 1.50 bits per heavy atom. The first-order chi connectivity index (χ1) is 8.84. The second-order valence-corrected chi connectivity index (χ2v) is 3.75. The zero-order chi connectivity index (χ0) is 14.6. The number of phenols is 1. The van der Waals surface area contributed by atoms with Crippen molar-refractivity contribution in [3.63, 3.8) is 0 Å². The van der Waals surface area contributed by atoms with Crippen molar-refractivity contribution in [1.82, 2.24) is 0 Å². The molecule has 0 saturated carbocycles. The second-order valence-electron chi connectivity index (χ2n) is 3.75. The van der Waals surface area contributed by atoms with Crippen molar-refractivity contribution in [2.24, 2.45) is 5.73 Å². The lowest BCUT2D eigenvalue weighted by Gasteiger charge is -2.22. The van der Waals surface area contributed by atoms with E-state index in [1.54, 1.807) is 0 Å². The average molecular weight is 312 g/mol. The van der Waals surface area contributed by atoms with E-state index in [0.29, 0.717) is 0 Å². The first-order valence-electron chi connectivity index (χ1n) is 5.52. The third-order valence-electron chi connectivity index (χ3n) is 2.50. The van der Waals surface area contributed by atoms with E-state index in [1.165, 1.54) is 26.2 Å². The Morgan fingerprint density at radius 3 is 2.55 bits per heavy atom. The molecule has 0 unspecified atom stereocenters. The second kappa shape index (κ2) is 7.25. The van der Waals surface area contributed by atoms with E-state index in [0.717, 1.165) is 6.07 Å². The lowest BCUT2D eigenvalue weighted by Crippen LogP contribution is -2.41. The normalized spacial score (nSPS) is 12.2. The van der Waals surface area contributed by atoms with Gasteiger partial charge >= 0.3 is 11.9 Å². The van der Waals surface area contributed by atoms with E-state index in [9.17, 15) is 18.7 Å². The number of rotatable bonds is 5. The van der Waals surface area contributed by atoms with Crippen LogP contribution in [0.1, 0.15) is 18.5 Å². The van der Waals surface area contributed by atoms with E-state index in [4.69, 9.17) is 10.5 Å². The summed E-state index contributed by atoms with van der Waals surface area (Å²) in [4.78, 5) is 11.1. The lowest BCUT2D eigenvalue weighted by molar-refractivity contribution is -0.174. The summed E-state index contributed by atoms with van der Waals surface area (Å²) in [6.45, 7) is 1.24. The molecule has 0 aliphatic carbocycles. The van der Waals surface area contributed by atoms with Crippen molar-refractivity contribution >= 4 is 18.4 Å². The molecule has 1 atom stereocenters. The van der Waals surface area contributed by atoms with Gasteiger partial charge < -0.3 is 20.3 Å². The largest absolute Gasteiger partial charge is 0.504 e. The van der Waals surface area contributed by atoms with Crippen LogP contribution in [0.2, 0.25) is 0 Å². The van der Waals surface area contributed by atoms with Crippen LogP contribution in [0.4, 0.5) is 8.78 Å². The van der Waals surface area contributed by atoms with Crippen molar-refractivity contribution < 1.29 is 28.2 Å². The first-order valence-corrected chi connectivity index (χ1v) is 5.52. The number of aromatic hydroxyl groups is 1. The molecule has 0 aliphatic heterocycles. The molecular weight excluding hydrogens is 296 g/mol. The molecule has 0 radical (unpaired) electrons. The summed E-state index contributed by atoms with van der Waals surface area (Å²) >= 11 is 0. The van der Waals surface area contributed by atoms with E-state index in [2.05, 4.69) is 4.74 Å². The number of ether oxygens (including phenoxy) is 2. The molecule has 0 fully saturated rings. The minimum Gasteiger partial charge on any atom is -0.504 e.